The van der Waals surface area contributed by atoms with Crippen LogP contribution in [0.3, 0.4) is 0 Å². The molecule has 0 aliphatic heterocycles. The average molecular weight is 817 g/mol. The minimum Gasteiger partial charge on any atom is -0.305 e. The molecule has 8 rings (SSSR count). The SMILES string of the molecule is [2H]C([2H])(c1ccccc1)c1ccnc(-c2[c-]cc3sc4cc(C(C)C)ccc4c3c2)c1.[Ir].[c-]1ccc(-c2ccccc2)cc1-c1ccccn1. The number of nitrogens with zero attached hydrogens (tertiary/aromatic N) is 2. The Hall–Kier alpha value is -4.73. The summed E-state index contributed by atoms with van der Waals surface area (Å²) in [5.74, 6) is 0.503. The van der Waals surface area contributed by atoms with Crippen molar-refractivity contribution in [1.82, 2.24) is 9.97 Å². The van der Waals surface area contributed by atoms with Gasteiger partial charge in [0, 0.05) is 39.9 Å². The molecule has 0 amide bonds. The second-order valence-electron chi connectivity index (χ2n) is 11.6. The van der Waals surface area contributed by atoms with Crippen LogP contribution in [-0.2, 0) is 26.5 Å². The van der Waals surface area contributed by atoms with Gasteiger partial charge in [-0.05, 0) is 74.2 Å². The third kappa shape index (κ3) is 7.69. The van der Waals surface area contributed by atoms with Gasteiger partial charge in [0.25, 0.3) is 0 Å². The summed E-state index contributed by atoms with van der Waals surface area (Å²) in [6, 6.07) is 52.7. The van der Waals surface area contributed by atoms with Crippen LogP contribution in [-0.4, -0.2) is 9.97 Å². The molecule has 0 spiro atoms. The van der Waals surface area contributed by atoms with Crippen molar-refractivity contribution in [2.75, 3.05) is 0 Å². The number of fused-ring (bicyclic) bond motifs is 3. The first kappa shape index (κ1) is 30.6. The quantitative estimate of drug-likeness (QED) is 0.156. The number of pyridine rings is 2. The first-order valence-electron chi connectivity index (χ1n) is 16.8. The summed E-state index contributed by atoms with van der Waals surface area (Å²) in [5, 5.41) is 2.44. The monoisotopic (exact) mass is 817 g/mol. The zero-order valence-electron chi connectivity index (χ0n) is 28.6. The van der Waals surface area contributed by atoms with Crippen LogP contribution < -0.4 is 0 Å². The molecule has 0 aliphatic rings. The van der Waals surface area contributed by atoms with Gasteiger partial charge in [0.15, 0.2) is 0 Å². The number of thiophene rings is 1. The molecule has 0 atom stereocenters. The van der Waals surface area contributed by atoms with Crippen LogP contribution >= 0.6 is 11.3 Å². The standard InChI is InChI=1S/C27H22NS.C17H12N.Ir/c1-18(2)21-8-10-23-24-16-22(9-11-26(24)29-27(23)17-21)25-15-20(12-13-28-25)14-19-6-4-3-5-7-19;1-2-7-14(8-3-1)15-9-6-10-16(13-15)17-11-4-5-12-18-17;/h3-8,10-13,15-18H,14H2,1-2H3;1-9,11-13H;/q2*-1;/i14D2;;. The fraction of sp³-hybridized carbons (Fsp3) is 0.0909. The molecule has 3 heterocycles. The van der Waals surface area contributed by atoms with E-state index < -0.39 is 6.37 Å². The number of aromatic nitrogens is 2. The summed E-state index contributed by atoms with van der Waals surface area (Å²) in [4.78, 5) is 8.88. The van der Waals surface area contributed by atoms with E-state index in [9.17, 15) is 0 Å². The Morgan fingerprint density at radius 1 is 0.625 bits per heavy atom. The predicted molar refractivity (Wildman–Crippen MR) is 199 cm³/mol. The van der Waals surface area contributed by atoms with Gasteiger partial charge in [0.2, 0.25) is 0 Å². The van der Waals surface area contributed by atoms with Crippen molar-refractivity contribution in [3.05, 3.63) is 181 Å². The third-order valence-corrected chi connectivity index (χ3v) is 9.16. The Bertz CT molecular complexity index is 2290. The van der Waals surface area contributed by atoms with Gasteiger partial charge in [-0.3, -0.25) is 0 Å². The van der Waals surface area contributed by atoms with Crippen molar-refractivity contribution in [3.63, 3.8) is 0 Å². The van der Waals surface area contributed by atoms with E-state index in [-0.39, 0.29) is 20.1 Å². The minimum atomic E-state index is -1.59. The smallest absolute Gasteiger partial charge is 0.0365 e. The van der Waals surface area contributed by atoms with Crippen LogP contribution in [0.5, 0.6) is 0 Å². The fourth-order valence-electron chi connectivity index (χ4n) is 5.53. The van der Waals surface area contributed by atoms with Gasteiger partial charge in [-0.15, -0.1) is 59.2 Å². The summed E-state index contributed by atoms with van der Waals surface area (Å²) in [5.41, 5.74) is 8.57. The van der Waals surface area contributed by atoms with Gasteiger partial charge in [-0.25, -0.2) is 0 Å². The largest absolute Gasteiger partial charge is 0.305 e. The van der Waals surface area contributed by atoms with Crippen molar-refractivity contribution < 1.29 is 22.8 Å². The topological polar surface area (TPSA) is 25.8 Å². The van der Waals surface area contributed by atoms with Crippen LogP contribution in [0.15, 0.2) is 152 Å². The molecule has 0 bridgehead atoms. The second kappa shape index (κ2) is 15.4. The van der Waals surface area contributed by atoms with Gasteiger partial charge >= 0.3 is 0 Å². The molecule has 0 saturated carbocycles. The maximum absolute atomic E-state index is 8.67. The van der Waals surface area contributed by atoms with Crippen LogP contribution in [0.1, 0.15) is 39.2 Å². The number of benzene rings is 5. The summed E-state index contributed by atoms with van der Waals surface area (Å²) in [7, 11) is 0. The number of hydrogen-bond donors (Lipinski definition) is 0. The summed E-state index contributed by atoms with van der Waals surface area (Å²) in [6.07, 6.45) is 1.90. The maximum atomic E-state index is 8.67. The molecule has 0 N–H and O–H groups in total. The van der Waals surface area contributed by atoms with Crippen molar-refractivity contribution in [2.24, 2.45) is 0 Å². The van der Waals surface area contributed by atoms with Gasteiger partial charge in [0.1, 0.15) is 0 Å². The van der Waals surface area contributed by atoms with Crippen molar-refractivity contribution >= 4 is 31.5 Å². The number of hydrogen-bond acceptors (Lipinski definition) is 3. The molecule has 237 valence electrons. The first-order valence-corrected chi connectivity index (χ1v) is 16.6. The second-order valence-corrected chi connectivity index (χ2v) is 12.7. The van der Waals surface area contributed by atoms with E-state index in [4.69, 9.17) is 2.74 Å². The van der Waals surface area contributed by atoms with Gasteiger partial charge in [-0.1, -0.05) is 110 Å². The minimum absolute atomic E-state index is 0. The van der Waals surface area contributed by atoms with Crippen LogP contribution in [0.2, 0.25) is 0 Å². The van der Waals surface area contributed by atoms with Crippen molar-refractivity contribution in [3.8, 4) is 33.6 Å². The molecule has 0 unspecified atom stereocenters. The van der Waals surface area contributed by atoms with E-state index in [1.807, 2.05) is 84.9 Å². The van der Waals surface area contributed by atoms with E-state index in [2.05, 4.69) is 84.5 Å². The Morgan fingerprint density at radius 3 is 2.15 bits per heavy atom. The summed E-state index contributed by atoms with van der Waals surface area (Å²) >= 11 is 1.79. The fourth-order valence-corrected chi connectivity index (χ4v) is 6.65. The Kier molecular flexibility index (Phi) is 9.84. The predicted octanol–water partition coefficient (Wildman–Crippen LogP) is 11.8. The average Bonchev–Trinajstić information content (AvgIpc) is 3.53. The molecular weight excluding hydrogens is 781 g/mol. The number of rotatable bonds is 6. The molecule has 4 heteroatoms. The zero-order valence-corrected chi connectivity index (χ0v) is 29.9. The normalized spacial score (nSPS) is 11.7. The zero-order chi connectivity index (χ0) is 33.8. The molecule has 8 aromatic rings. The molecule has 0 fully saturated rings. The van der Waals surface area contributed by atoms with Crippen molar-refractivity contribution in [1.29, 1.82) is 0 Å². The van der Waals surface area contributed by atoms with Crippen LogP contribution in [0.4, 0.5) is 0 Å². The summed E-state index contributed by atoms with van der Waals surface area (Å²) < 4.78 is 19.8. The summed E-state index contributed by atoms with van der Waals surface area (Å²) in [6.45, 7) is 4.43. The third-order valence-electron chi connectivity index (χ3n) is 8.04. The van der Waals surface area contributed by atoms with Gasteiger partial charge in [-0.2, -0.15) is 11.3 Å². The van der Waals surface area contributed by atoms with Crippen LogP contribution in [0.25, 0.3) is 53.8 Å². The molecule has 0 saturated heterocycles. The molecule has 1 radical (unpaired) electrons. The van der Waals surface area contributed by atoms with Gasteiger partial charge < -0.3 is 9.97 Å². The van der Waals surface area contributed by atoms with Gasteiger partial charge in [0.05, 0.1) is 0 Å². The van der Waals surface area contributed by atoms with Crippen LogP contribution in [0, 0.1) is 12.1 Å². The molecule has 2 nitrogen and oxygen atoms in total. The first-order chi connectivity index (χ1) is 23.9. The Balaban J connectivity index is 0.000000194. The molecule has 5 aromatic carbocycles. The van der Waals surface area contributed by atoms with E-state index in [1.165, 1.54) is 36.9 Å². The van der Waals surface area contributed by atoms with E-state index in [0.717, 1.165) is 22.5 Å². The Morgan fingerprint density at radius 2 is 1.38 bits per heavy atom. The van der Waals surface area contributed by atoms with E-state index in [0.29, 0.717) is 17.0 Å². The molecule has 48 heavy (non-hydrogen) atoms. The van der Waals surface area contributed by atoms with E-state index in [1.54, 1.807) is 29.8 Å². The van der Waals surface area contributed by atoms with E-state index >= 15 is 0 Å². The van der Waals surface area contributed by atoms with Crippen molar-refractivity contribution in [2.45, 2.75) is 26.1 Å². The molecule has 3 aromatic heterocycles. The molecular formula is C44H34IrN2S-2. The maximum Gasteiger partial charge on any atom is 0.0365 e. The Labute approximate surface area is 303 Å². The molecule has 0 aliphatic carbocycles.